The zero-order valence-corrected chi connectivity index (χ0v) is 16.3. The average molecular weight is 372 g/mol. The van der Waals surface area contributed by atoms with Crippen molar-refractivity contribution in [3.8, 4) is 0 Å². The second-order valence-corrected chi connectivity index (χ2v) is 8.12. The summed E-state index contributed by atoms with van der Waals surface area (Å²) < 4.78 is 11.7. The van der Waals surface area contributed by atoms with Crippen LogP contribution in [0.2, 0.25) is 0 Å². The van der Waals surface area contributed by atoms with Crippen molar-refractivity contribution in [1.82, 2.24) is 0 Å². The van der Waals surface area contributed by atoms with Gasteiger partial charge in [-0.1, -0.05) is 13.3 Å². The van der Waals surface area contributed by atoms with Crippen molar-refractivity contribution in [3.63, 3.8) is 0 Å². The minimum atomic E-state index is -0.877. The van der Waals surface area contributed by atoms with Crippen molar-refractivity contribution in [2.45, 2.75) is 64.9 Å². The molecule has 1 fully saturated rings. The largest absolute Gasteiger partial charge is 0.447 e. The Morgan fingerprint density at radius 2 is 1.89 bits per heavy atom. The number of ether oxygens (including phenoxy) is 2. The lowest BCUT2D eigenvalue weighted by Gasteiger charge is -2.34. The highest BCUT2D eigenvalue weighted by Gasteiger charge is 2.52. The second-order valence-electron chi connectivity index (χ2n) is 8.12. The Bertz CT molecular complexity index is 804. The van der Waals surface area contributed by atoms with E-state index < -0.39 is 17.0 Å². The molecule has 0 atom stereocenters. The Labute approximate surface area is 159 Å². The number of anilines is 2. The zero-order chi connectivity index (χ0) is 19.8. The minimum absolute atomic E-state index is 0.245. The van der Waals surface area contributed by atoms with Crippen molar-refractivity contribution < 1.29 is 19.1 Å². The van der Waals surface area contributed by atoms with Gasteiger partial charge < -0.3 is 20.9 Å². The summed E-state index contributed by atoms with van der Waals surface area (Å²) in [4.78, 5) is 25.7. The fourth-order valence-corrected chi connectivity index (χ4v) is 3.61. The third-order valence-corrected chi connectivity index (χ3v) is 5.77. The van der Waals surface area contributed by atoms with Gasteiger partial charge in [-0.15, -0.1) is 0 Å². The van der Waals surface area contributed by atoms with Crippen LogP contribution in [-0.4, -0.2) is 17.5 Å². The molecule has 0 unspecified atom stereocenters. The van der Waals surface area contributed by atoms with E-state index >= 15 is 0 Å². The lowest BCUT2D eigenvalue weighted by Crippen LogP contribution is -2.38. The number of hydrogen-bond acceptors (Lipinski definition) is 6. The van der Waals surface area contributed by atoms with Gasteiger partial charge in [-0.2, -0.15) is 0 Å². The first-order valence-corrected chi connectivity index (χ1v) is 9.56. The molecule has 1 heterocycles. The van der Waals surface area contributed by atoms with Crippen LogP contribution < -0.4 is 11.5 Å². The smallest absolute Gasteiger partial charge is 0.343 e. The second kappa shape index (κ2) is 6.91. The fraction of sp³-hybridized carbons (Fsp3) is 0.524. The molecule has 0 bridgehead atoms. The highest BCUT2D eigenvalue weighted by molar-refractivity contribution is 6.21. The lowest BCUT2D eigenvalue weighted by molar-refractivity contribution is -0.160. The van der Waals surface area contributed by atoms with Crippen molar-refractivity contribution in [1.29, 1.82) is 0 Å². The molecular formula is C21H28N2O4. The van der Waals surface area contributed by atoms with Crippen molar-refractivity contribution >= 4 is 28.9 Å². The predicted octanol–water partition coefficient (Wildman–Crippen LogP) is 3.80. The molecule has 0 aromatic heterocycles. The maximum Gasteiger partial charge on any atom is 0.343 e. The maximum absolute atomic E-state index is 12.8. The molecule has 1 spiro atoms. The summed E-state index contributed by atoms with van der Waals surface area (Å²) in [6, 6.07) is 4.95. The number of esters is 2. The standard InChI is InChI=1S/C21H28N2O4/c1-4-20(2,3)19(25)26-17-16(14-9-8-13(22)12-15(14)23)18(24)27-21(17)10-6-5-7-11-21/h8-9,12H,4-7,10-11,22-23H2,1-3H3. The Hall–Kier alpha value is -2.50. The van der Waals surface area contributed by atoms with Gasteiger partial charge >= 0.3 is 11.9 Å². The number of hydrogen-bond donors (Lipinski definition) is 2. The molecule has 146 valence electrons. The summed E-state index contributed by atoms with van der Waals surface area (Å²) in [5.41, 5.74) is 12.0. The molecule has 2 aliphatic rings. The molecule has 1 aromatic carbocycles. The first-order chi connectivity index (χ1) is 12.7. The maximum atomic E-state index is 12.8. The van der Waals surface area contributed by atoms with Crippen LogP contribution in [0, 0.1) is 5.41 Å². The van der Waals surface area contributed by atoms with Gasteiger partial charge in [0.05, 0.1) is 5.41 Å². The van der Waals surface area contributed by atoms with Crippen LogP contribution in [0.4, 0.5) is 11.4 Å². The van der Waals surface area contributed by atoms with E-state index in [1.807, 2.05) is 20.8 Å². The topological polar surface area (TPSA) is 105 Å². The van der Waals surface area contributed by atoms with Crippen molar-refractivity contribution in [2.75, 3.05) is 11.5 Å². The van der Waals surface area contributed by atoms with E-state index in [0.717, 1.165) is 19.3 Å². The third-order valence-electron chi connectivity index (χ3n) is 5.77. The van der Waals surface area contributed by atoms with Gasteiger partial charge in [0.2, 0.25) is 0 Å². The lowest BCUT2D eigenvalue weighted by atomic mass is 9.82. The molecular weight excluding hydrogens is 344 g/mol. The predicted molar refractivity (Wildman–Crippen MR) is 104 cm³/mol. The number of carbonyl (C=O) groups excluding carboxylic acids is 2. The number of carbonyl (C=O) groups is 2. The van der Waals surface area contributed by atoms with Crippen LogP contribution in [0.1, 0.15) is 64.9 Å². The molecule has 6 heteroatoms. The van der Waals surface area contributed by atoms with Crippen LogP contribution >= 0.6 is 0 Å². The SMILES string of the molecule is CCC(C)(C)C(=O)OC1=C(c2ccc(N)cc2N)C(=O)OC12CCCCC2. The Kier molecular flexibility index (Phi) is 4.93. The van der Waals surface area contributed by atoms with Crippen LogP contribution in [0.5, 0.6) is 0 Å². The van der Waals surface area contributed by atoms with E-state index in [4.69, 9.17) is 20.9 Å². The monoisotopic (exact) mass is 372 g/mol. The number of nitrogen functional groups attached to an aromatic ring is 2. The molecule has 3 rings (SSSR count). The summed E-state index contributed by atoms with van der Waals surface area (Å²) in [5.74, 6) is -0.546. The van der Waals surface area contributed by atoms with Crippen molar-refractivity contribution in [2.24, 2.45) is 5.41 Å². The van der Waals surface area contributed by atoms with Crippen LogP contribution in [-0.2, 0) is 19.1 Å². The zero-order valence-electron chi connectivity index (χ0n) is 16.3. The Morgan fingerprint density at radius 3 is 2.48 bits per heavy atom. The van der Waals surface area contributed by atoms with E-state index in [-0.39, 0.29) is 11.5 Å². The highest BCUT2D eigenvalue weighted by Crippen LogP contribution is 2.48. The molecule has 4 N–H and O–H groups in total. The number of rotatable bonds is 4. The highest BCUT2D eigenvalue weighted by atomic mass is 16.6. The van der Waals surface area contributed by atoms with Gasteiger partial charge in [-0.25, -0.2) is 4.79 Å². The molecule has 0 amide bonds. The van der Waals surface area contributed by atoms with E-state index in [1.165, 1.54) is 0 Å². The summed E-state index contributed by atoms with van der Waals surface area (Å²) in [6.45, 7) is 5.60. The van der Waals surface area contributed by atoms with E-state index in [9.17, 15) is 9.59 Å². The van der Waals surface area contributed by atoms with Crippen molar-refractivity contribution in [3.05, 3.63) is 29.5 Å². The van der Waals surface area contributed by atoms with E-state index in [2.05, 4.69) is 0 Å². The van der Waals surface area contributed by atoms with Crippen LogP contribution in [0.3, 0.4) is 0 Å². The fourth-order valence-electron chi connectivity index (χ4n) is 3.61. The Balaban J connectivity index is 2.14. The van der Waals surface area contributed by atoms with Gasteiger partial charge in [0.15, 0.2) is 11.4 Å². The first kappa shape index (κ1) is 19.3. The molecule has 0 saturated heterocycles. The summed E-state index contributed by atoms with van der Waals surface area (Å²) >= 11 is 0. The summed E-state index contributed by atoms with van der Waals surface area (Å²) in [7, 11) is 0. The van der Waals surface area contributed by atoms with Gasteiger partial charge in [0.25, 0.3) is 0 Å². The number of nitrogens with two attached hydrogens (primary N) is 2. The first-order valence-electron chi connectivity index (χ1n) is 9.56. The van der Waals surface area contributed by atoms with Gasteiger partial charge in [-0.05, 0) is 64.2 Å². The molecule has 0 radical (unpaired) electrons. The van der Waals surface area contributed by atoms with E-state index in [1.54, 1.807) is 18.2 Å². The molecule has 1 aliphatic heterocycles. The summed E-state index contributed by atoms with van der Waals surface area (Å²) in [6.07, 6.45) is 4.81. The van der Waals surface area contributed by atoms with Gasteiger partial charge in [0, 0.05) is 16.9 Å². The molecule has 1 aliphatic carbocycles. The third kappa shape index (κ3) is 3.40. The normalized spacial score (nSPS) is 19.3. The van der Waals surface area contributed by atoms with Gasteiger partial charge in [0.1, 0.15) is 5.57 Å². The number of benzene rings is 1. The molecule has 1 saturated carbocycles. The summed E-state index contributed by atoms with van der Waals surface area (Å²) in [5, 5.41) is 0. The molecule has 6 nitrogen and oxygen atoms in total. The molecule has 27 heavy (non-hydrogen) atoms. The Morgan fingerprint density at radius 1 is 1.22 bits per heavy atom. The van der Waals surface area contributed by atoms with Crippen LogP contribution in [0.15, 0.2) is 24.0 Å². The average Bonchev–Trinajstić information content (AvgIpc) is 2.87. The van der Waals surface area contributed by atoms with E-state index in [0.29, 0.717) is 42.0 Å². The minimum Gasteiger partial charge on any atom is -0.447 e. The van der Waals surface area contributed by atoms with Crippen LogP contribution in [0.25, 0.3) is 5.57 Å². The molecule has 1 aromatic rings. The van der Waals surface area contributed by atoms with Gasteiger partial charge in [-0.3, -0.25) is 4.79 Å². The quantitative estimate of drug-likeness (QED) is 0.615.